The number of nitrogens with zero attached hydrogens (tertiary/aromatic N) is 2. The van der Waals surface area contributed by atoms with Crippen LogP contribution in [0, 0.1) is 13.8 Å². The van der Waals surface area contributed by atoms with Gasteiger partial charge in [0.25, 0.3) is 11.7 Å². The van der Waals surface area contributed by atoms with Gasteiger partial charge in [-0.1, -0.05) is 12.1 Å². The summed E-state index contributed by atoms with van der Waals surface area (Å²) in [5.41, 5.74) is 1.72. The van der Waals surface area contributed by atoms with Gasteiger partial charge >= 0.3 is 5.97 Å². The number of para-hydroxylation sites is 1. The topological polar surface area (TPSA) is 121 Å². The van der Waals surface area contributed by atoms with Crippen LogP contribution in [0.5, 0.6) is 11.5 Å². The molecule has 10 heteroatoms. The van der Waals surface area contributed by atoms with Gasteiger partial charge in [-0.15, -0.1) is 0 Å². The fourth-order valence-electron chi connectivity index (χ4n) is 4.66. The molecule has 1 fully saturated rings. The van der Waals surface area contributed by atoms with E-state index in [0.29, 0.717) is 41.3 Å². The molecule has 3 rings (SSSR count). The van der Waals surface area contributed by atoms with Gasteiger partial charge in [0.1, 0.15) is 11.5 Å². The van der Waals surface area contributed by atoms with E-state index in [-0.39, 0.29) is 29.1 Å². The molecule has 0 aliphatic carbocycles. The summed E-state index contributed by atoms with van der Waals surface area (Å²) < 4.78 is 15.9. The van der Waals surface area contributed by atoms with Gasteiger partial charge in [0, 0.05) is 23.4 Å². The van der Waals surface area contributed by atoms with Crippen molar-refractivity contribution in [2.45, 2.75) is 26.3 Å². The van der Waals surface area contributed by atoms with Crippen LogP contribution in [-0.4, -0.2) is 86.1 Å². The van der Waals surface area contributed by atoms with Gasteiger partial charge in [0.05, 0.1) is 32.9 Å². The number of benzene rings is 1. The highest BCUT2D eigenvalue weighted by molar-refractivity contribution is 6.46. The van der Waals surface area contributed by atoms with Gasteiger partial charge in [0.2, 0.25) is 0 Å². The van der Waals surface area contributed by atoms with Crippen molar-refractivity contribution in [2.75, 3.05) is 48.5 Å². The second kappa shape index (κ2) is 10.9. The van der Waals surface area contributed by atoms with E-state index in [2.05, 4.69) is 4.98 Å². The lowest BCUT2D eigenvalue weighted by Crippen LogP contribution is -2.32. The number of hydrogen-bond donors (Lipinski definition) is 2. The SMILES string of the molecule is COC(=O)c1[nH]c(C)c(C(O)=C2C(=O)C(=O)N(CCCN(C)C)[C@@H]2c2cccc(OC)c2OC)c1C. The van der Waals surface area contributed by atoms with Crippen molar-refractivity contribution in [1.29, 1.82) is 0 Å². The van der Waals surface area contributed by atoms with E-state index >= 15 is 0 Å². The number of carbonyl (C=O) groups is 3. The number of aryl methyl sites for hydroxylation is 1. The smallest absolute Gasteiger partial charge is 0.354 e. The lowest BCUT2D eigenvalue weighted by atomic mass is 9.93. The summed E-state index contributed by atoms with van der Waals surface area (Å²) in [5, 5.41) is 11.5. The van der Waals surface area contributed by atoms with E-state index in [1.165, 1.54) is 26.2 Å². The van der Waals surface area contributed by atoms with Crippen LogP contribution in [-0.2, 0) is 14.3 Å². The Morgan fingerprint density at radius 3 is 2.42 bits per heavy atom. The third-order valence-corrected chi connectivity index (χ3v) is 6.34. The first-order valence-electron chi connectivity index (χ1n) is 11.5. The van der Waals surface area contributed by atoms with Crippen LogP contribution in [0.25, 0.3) is 5.76 Å². The number of ketones is 1. The molecule has 194 valence electrons. The second-order valence-electron chi connectivity index (χ2n) is 8.85. The molecule has 1 aliphatic rings. The molecule has 1 aliphatic heterocycles. The van der Waals surface area contributed by atoms with Crippen molar-refractivity contribution in [3.8, 4) is 11.5 Å². The molecular weight excluding hydrogens is 466 g/mol. The third kappa shape index (κ3) is 4.68. The Hall–Kier alpha value is -3.79. The number of Topliss-reactive ketones (excluding diaryl/α,β-unsaturated/α-hetero) is 1. The molecule has 0 radical (unpaired) electrons. The van der Waals surface area contributed by atoms with E-state index in [1.807, 2.05) is 19.0 Å². The van der Waals surface area contributed by atoms with Crippen LogP contribution in [0.4, 0.5) is 0 Å². The van der Waals surface area contributed by atoms with Crippen LogP contribution in [0.2, 0.25) is 0 Å². The third-order valence-electron chi connectivity index (χ3n) is 6.34. The first-order valence-corrected chi connectivity index (χ1v) is 11.5. The first kappa shape index (κ1) is 26.8. The highest BCUT2D eigenvalue weighted by atomic mass is 16.5. The largest absolute Gasteiger partial charge is 0.507 e. The molecule has 0 unspecified atom stereocenters. The lowest BCUT2D eigenvalue weighted by molar-refractivity contribution is -0.140. The molecule has 1 aromatic carbocycles. The van der Waals surface area contributed by atoms with Gasteiger partial charge < -0.3 is 34.1 Å². The molecule has 2 heterocycles. The number of rotatable bonds is 9. The van der Waals surface area contributed by atoms with Crippen molar-refractivity contribution >= 4 is 23.4 Å². The van der Waals surface area contributed by atoms with Gasteiger partial charge in [-0.05, 0) is 52.5 Å². The van der Waals surface area contributed by atoms with Crippen LogP contribution < -0.4 is 9.47 Å². The number of nitrogens with one attached hydrogen (secondary N) is 1. The number of likely N-dealkylation sites (tertiary alicyclic amines) is 1. The molecule has 1 aromatic heterocycles. The Morgan fingerprint density at radius 2 is 1.83 bits per heavy atom. The number of aliphatic hydroxyl groups is 1. The molecular formula is C26H33N3O7. The van der Waals surface area contributed by atoms with Crippen molar-refractivity contribution in [1.82, 2.24) is 14.8 Å². The molecule has 2 N–H and O–H groups in total. The predicted molar refractivity (Wildman–Crippen MR) is 133 cm³/mol. The standard InChI is InChI=1S/C26H33N3O7/c1-14-18(15(2)27-20(14)26(33)36-7)22(30)19-21(16-10-8-11-17(34-5)24(16)35-6)29(25(32)23(19)31)13-9-12-28(3)4/h8,10-11,21,27,30H,9,12-13H2,1-7H3/t21-/m1/s1. The summed E-state index contributed by atoms with van der Waals surface area (Å²) >= 11 is 0. The summed E-state index contributed by atoms with van der Waals surface area (Å²) in [5.74, 6) is -1.73. The highest BCUT2D eigenvalue weighted by Crippen LogP contribution is 2.46. The number of H-pyrrole nitrogens is 1. The van der Waals surface area contributed by atoms with E-state index in [1.54, 1.807) is 32.0 Å². The molecule has 10 nitrogen and oxygen atoms in total. The van der Waals surface area contributed by atoms with Gasteiger partial charge in [-0.25, -0.2) is 4.79 Å². The van der Waals surface area contributed by atoms with Crippen LogP contribution >= 0.6 is 0 Å². The first-order chi connectivity index (χ1) is 17.1. The fourth-order valence-corrected chi connectivity index (χ4v) is 4.66. The van der Waals surface area contributed by atoms with E-state index in [9.17, 15) is 19.5 Å². The number of aromatic amines is 1. The van der Waals surface area contributed by atoms with Crippen LogP contribution in [0.3, 0.4) is 0 Å². The Labute approximate surface area is 210 Å². The Bertz CT molecular complexity index is 1210. The molecule has 2 aromatic rings. The Kier molecular flexibility index (Phi) is 8.09. The fraction of sp³-hybridized carbons (Fsp3) is 0.423. The zero-order valence-corrected chi connectivity index (χ0v) is 21.7. The van der Waals surface area contributed by atoms with E-state index in [0.717, 1.165) is 0 Å². The number of amides is 1. The van der Waals surface area contributed by atoms with Crippen molar-refractivity contribution < 1.29 is 33.7 Å². The quantitative estimate of drug-likeness (QED) is 0.234. The average molecular weight is 500 g/mol. The molecule has 1 atom stereocenters. The number of esters is 1. The summed E-state index contributed by atoms with van der Waals surface area (Å²) in [4.78, 5) is 45.2. The van der Waals surface area contributed by atoms with E-state index in [4.69, 9.17) is 14.2 Å². The second-order valence-corrected chi connectivity index (χ2v) is 8.85. The van der Waals surface area contributed by atoms with Gasteiger partial charge in [-0.3, -0.25) is 9.59 Å². The maximum Gasteiger partial charge on any atom is 0.354 e. The predicted octanol–water partition coefficient (Wildman–Crippen LogP) is 2.81. The number of methoxy groups -OCH3 is 3. The molecule has 1 saturated heterocycles. The van der Waals surface area contributed by atoms with Gasteiger partial charge in [0.15, 0.2) is 11.5 Å². The summed E-state index contributed by atoms with van der Waals surface area (Å²) in [6.45, 7) is 4.29. The molecule has 0 spiro atoms. The lowest BCUT2D eigenvalue weighted by Gasteiger charge is -2.27. The number of aliphatic hydroxyl groups excluding tert-OH is 1. The van der Waals surface area contributed by atoms with E-state index < -0.39 is 23.7 Å². The zero-order valence-electron chi connectivity index (χ0n) is 21.7. The average Bonchev–Trinajstić information content (AvgIpc) is 3.29. The Balaban J connectivity index is 2.27. The highest BCUT2D eigenvalue weighted by Gasteiger charge is 2.47. The minimum Gasteiger partial charge on any atom is -0.507 e. The minimum absolute atomic E-state index is 0.0852. The number of hydrogen-bond acceptors (Lipinski definition) is 8. The molecule has 0 saturated carbocycles. The molecule has 1 amide bonds. The zero-order chi connectivity index (χ0) is 26.7. The van der Waals surface area contributed by atoms with Crippen molar-refractivity contribution in [2.24, 2.45) is 0 Å². The normalized spacial score (nSPS) is 17.1. The maximum absolute atomic E-state index is 13.4. The minimum atomic E-state index is -0.924. The van der Waals surface area contributed by atoms with Crippen LogP contribution in [0.1, 0.15) is 45.3 Å². The van der Waals surface area contributed by atoms with Crippen molar-refractivity contribution in [3.05, 3.63) is 51.9 Å². The number of ether oxygens (including phenoxy) is 3. The number of aromatic nitrogens is 1. The monoisotopic (exact) mass is 499 g/mol. The maximum atomic E-state index is 13.4. The summed E-state index contributed by atoms with van der Waals surface area (Å²) in [6.07, 6.45) is 0.609. The summed E-state index contributed by atoms with van der Waals surface area (Å²) in [6, 6.07) is 4.26. The molecule has 36 heavy (non-hydrogen) atoms. The van der Waals surface area contributed by atoms with Crippen LogP contribution in [0.15, 0.2) is 23.8 Å². The van der Waals surface area contributed by atoms with Gasteiger partial charge in [-0.2, -0.15) is 0 Å². The van der Waals surface area contributed by atoms with Crippen molar-refractivity contribution in [3.63, 3.8) is 0 Å². The number of carbonyl (C=O) groups excluding carboxylic acids is 3. The summed E-state index contributed by atoms with van der Waals surface area (Å²) in [7, 11) is 8.07. The Morgan fingerprint density at radius 1 is 1.14 bits per heavy atom. The molecule has 0 bridgehead atoms.